The summed E-state index contributed by atoms with van der Waals surface area (Å²) in [6.45, 7) is 1.37. The number of rotatable bonds is 6. The van der Waals surface area contributed by atoms with Gasteiger partial charge in [-0.15, -0.1) is 0 Å². The standard InChI is InChI=1S/C10H11ClN2O6S/c1-6(4-10(14)15)12-20(18,19)7-2-3-8(11)9(5-7)13(16)17/h2-3,5-6,12H,4H2,1H3,(H,14,15). The topological polar surface area (TPSA) is 127 Å². The predicted octanol–water partition coefficient (Wildman–Crippen LogP) is 1.39. The van der Waals surface area contributed by atoms with Crippen LogP contribution >= 0.6 is 11.6 Å². The first-order valence-electron chi connectivity index (χ1n) is 5.31. The van der Waals surface area contributed by atoms with Gasteiger partial charge in [0, 0.05) is 12.1 Å². The average molecular weight is 323 g/mol. The van der Waals surface area contributed by atoms with Gasteiger partial charge in [-0.2, -0.15) is 0 Å². The molecule has 0 aliphatic carbocycles. The summed E-state index contributed by atoms with van der Waals surface area (Å²) in [4.78, 5) is 20.0. The molecule has 0 aliphatic rings. The number of sulfonamides is 1. The highest BCUT2D eigenvalue weighted by Crippen LogP contribution is 2.27. The van der Waals surface area contributed by atoms with E-state index in [0.717, 1.165) is 18.2 Å². The highest BCUT2D eigenvalue weighted by Gasteiger charge is 2.23. The van der Waals surface area contributed by atoms with Crippen LogP contribution in [-0.2, 0) is 14.8 Å². The van der Waals surface area contributed by atoms with Crippen LogP contribution in [0.3, 0.4) is 0 Å². The van der Waals surface area contributed by atoms with Crippen molar-refractivity contribution >= 4 is 33.3 Å². The van der Waals surface area contributed by atoms with E-state index >= 15 is 0 Å². The smallest absolute Gasteiger partial charge is 0.304 e. The molecule has 1 aromatic carbocycles. The van der Waals surface area contributed by atoms with Crippen molar-refractivity contribution in [2.45, 2.75) is 24.3 Å². The van der Waals surface area contributed by atoms with E-state index in [1.807, 2.05) is 0 Å². The molecular weight excluding hydrogens is 312 g/mol. The summed E-state index contributed by atoms with van der Waals surface area (Å²) in [6, 6.07) is 2.16. The van der Waals surface area contributed by atoms with E-state index in [0.29, 0.717) is 0 Å². The third-order valence-electron chi connectivity index (χ3n) is 2.26. The molecule has 0 amide bonds. The molecule has 110 valence electrons. The van der Waals surface area contributed by atoms with Gasteiger partial charge in [-0.05, 0) is 19.1 Å². The Morgan fingerprint density at radius 2 is 2.15 bits per heavy atom. The molecular formula is C10H11ClN2O6S. The van der Waals surface area contributed by atoms with Gasteiger partial charge in [-0.3, -0.25) is 14.9 Å². The van der Waals surface area contributed by atoms with Crippen LogP contribution in [0.4, 0.5) is 5.69 Å². The molecule has 0 heterocycles. The Hall–Kier alpha value is -1.71. The van der Waals surface area contributed by atoms with Crippen LogP contribution in [-0.4, -0.2) is 30.5 Å². The maximum atomic E-state index is 11.9. The van der Waals surface area contributed by atoms with E-state index in [-0.39, 0.29) is 9.92 Å². The lowest BCUT2D eigenvalue weighted by molar-refractivity contribution is -0.384. The number of halogens is 1. The van der Waals surface area contributed by atoms with E-state index in [9.17, 15) is 23.3 Å². The molecule has 1 atom stereocenters. The van der Waals surface area contributed by atoms with Crippen LogP contribution in [0.5, 0.6) is 0 Å². The number of nitrogens with zero attached hydrogens (tertiary/aromatic N) is 1. The highest BCUT2D eigenvalue weighted by atomic mass is 35.5. The highest BCUT2D eigenvalue weighted by molar-refractivity contribution is 7.89. The zero-order chi connectivity index (χ0) is 15.5. The molecule has 0 saturated carbocycles. The number of carboxylic acids is 1. The Kier molecular flexibility index (Phi) is 5.03. The SMILES string of the molecule is CC(CC(=O)O)NS(=O)(=O)c1ccc(Cl)c([N+](=O)[O-])c1. The van der Waals surface area contributed by atoms with Crippen LogP contribution in [0, 0.1) is 10.1 Å². The molecule has 1 aromatic rings. The summed E-state index contributed by atoms with van der Waals surface area (Å²) < 4.78 is 26.0. The monoisotopic (exact) mass is 322 g/mol. The van der Waals surface area contributed by atoms with Crippen molar-refractivity contribution < 1.29 is 23.2 Å². The molecule has 0 fully saturated rings. The van der Waals surface area contributed by atoms with Gasteiger partial charge in [0.2, 0.25) is 10.0 Å². The number of carbonyl (C=O) groups is 1. The Morgan fingerprint density at radius 3 is 2.65 bits per heavy atom. The van der Waals surface area contributed by atoms with Crippen LogP contribution in [0.2, 0.25) is 5.02 Å². The molecule has 0 saturated heterocycles. The number of nitrogens with one attached hydrogen (secondary N) is 1. The quantitative estimate of drug-likeness (QED) is 0.602. The third-order valence-corrected chi connectivity index (χ3v) is 4.17. The lowest BCUT2D eigenvalue weighted by Gasteiger charge is -2.12. The maximum absolute atomic E-state index is 11.9. The first-order chi connectivity index (χ1) is 9.13. The average Bonchev–Trinajstić information content (AvgIpc) is 2.26. The van der Waals surface area contributed by atoms with Gasteiger partial charge in [-0.1, -0.05) is 11.6 Å². The number of aliphatic carboxylic acids is 1. The van der Waals surface area contributed by atoms with Gasteiger partial charge in [-0.25, -0.2) is 13.1 Å². The number of nitro groups is 1. The summed E-state index contributed by atoms with van der Waals surface area (Å²) in [5.74, 6) is -1.16. The molecule has 0 aromatic heterocycles. The van der Waals surface area contributed by atoms with E-state index in [2.05, 4.69) is 4.72 Å². The number of carboxylic acid groups (broad SMARTS) is 1. The lowest BCUT2D eigenvalue weighted by atomic mass is 10.3. The molecule has 0 spiro atoms. The van der Waals surface area contributed by atoms with E-state index in [4.69, 9.17) is 16.7 Å². The fourth-order valence-electron chi connectivity index (χ4n) is 1.44. The van der Waals surface area contributed by atoms with Gasteiger partial charge in [0.1, 0.15) is 5.02 Å². The Labute approximate surface area is 119 Å². The zero-order valence-corrected chi connectivity index (χ0v) is 11.8. The minimum Gasteiger partial charge on any atom is -0.481 e. The van der Waals surface area contributed by atoms with Gasteiger partial charge in [0.05, 0.1) is 16.2 Å². The summed E-state index contributed by atoms with van der Waals surface area (Å²) >= 11 is 5.58. The first kappa shape index (κ1) is 16.3. The first-order valence-corrected chi connectivity index (χ1v) is 7.17. The Balaban J connectivity index is 3.07. The fraction of sp³-hybridized carbons (Fsp3) is 0.300. The molecule has 8 nitrogen and oxygen atoms in total. The van der Waals surface area contributed by atoms with Crippen molar-refractivity contribution in [1.29, 1.82) is 0 Å². The van der Waals surface area contributed by atoms with Crippen molar-refractivity contribution in [1.82, 2.24) is 4.72 Å². The maximum Gasteiger partial charge on any atom is 0.304 e. The van der Waals surface area contributed by atoms with E-state index in [1.54, 1.807) is 0 Å². The van der Waals surface area contributed by atoms with Crippen LogP contribution in [0.15, 0.2) is 23.1 Å². The summed E-state index contributed by atoms with van der Waals surface area (Å²) in [5, 5.41) is 19.1. The van der Waals surface area contributed by atoms with Crippen LogP contribution < -0.4 is 4.72 Å². The predicted molar refractivity (Wildman–Crippen MR) is 70.1 cm³/mol. The van der Waals surface area contributed by atoms with E-state index < -0.39 is 39.1 Å². The summed E-state index contributed by atoms with van der Waals surface area (Å²) in [5.41, 5.74) is -0.541. The van der Waals surface area contributed by atoms with Crippen LogP contribution in [0.25, 0.3) is 0 Å². The molecule has 10 heteroatoms. The van der Waals surface area contributed by atoms with Crippen molar-refractivity contribution in [3.05, 3.63) is 33.3 Å². The second-order valence-electron chi connectivity index (χ2n) is 3.99. The van der Waals surface area contributed by atoms with E-state index in [1.165, 1.54) is 6.92 Å². The molecule has 0 aliphatic heterocycles. The lowest BCUT2D eigenvalue weighted by Crippen LogP contribution is -2.34. The fourth-order valence-corrected chi connectivity index (χ4v) is 2.89. The van der Waals surface area contributed by atoms with Gasteiger partial charge >= 0.3 is 5.97 Å². The molecule has 20 heavy (non-hydrogen) atoms. The normalized spacial score (nSPS) is 12.9. The number of nitro benzene ring substituents is 1. The number of benzene rings is 1. The van der Waals surface area contributed by atoms with Crippen molar-refractivity contribution in [3.63, 3.8) is 0 Å². The van der Waals surface area contributed by atoms with Crippen molar-refractivity contribution in [2.75, 3.05) is 0 Å². The largest absolute Gasteiger partial charge is 0.481 e. The molecule has 1 rings (SSSR count). The van der Waals surface area contributed by atoms with Gasteiger partial charge < -0.3 is 5.11 Å². The number of hydrogen-bond donors (Lipinski definition) is 2. The second kappa shape index (κ2) is 6.16. The van der Waals surface area contributed by atoms with Crippen molar-refractivity contribution in [3.8, 4) is 0 Å². The third kappa shape index (κ3) is 4.15. The Bertz CT molecular complexity index is 645. The molecule has 0 radical (unpaired) electrons. The van der Waals surface area contributed by atoms with Gasteiger partial charge in [0.25, 0.3) is 5.69 Å². The second-order valence-corrected chi connectivity index (χ2v) is 6.11. The van der Waals surface area contributed by atoms with Crippen molar-refractivity contribution in [2.24, 2.45) is 0 Å². The molecule has 0 bridgehead atoms. The number of hydrogen-bond acceptors (Lipinski definition) is 5. The summed E-state index contributed by atoms with van der Waals surface area (Å²) in [7, 11) is -4.05. The summed E-state index contributed by atoms with van der Waals surface area (Å²) in [6.07, 6.45) is -0.408. The minimum absolute atomic E-state index is 0.187. The molecule has 1 unspecified atom stereocenters. The van der Waals surface area contributed by atoms with Crippen LogP contribution in [0.1, 0.15) is 13.3 Å². The molecule has 2 N–H and O–H groups in total. The van der Waals surface area contributed by atoms with Gasteiger partial charge in [0.15, 0.2) is 0 Å². The zero-order valence-electron chi connectivity index (χ0n) is 10.2. The Morgan fingerprint density at radius 1 is 1.55 bits per heavy atom. The minimum atomic E-state index is -4.05.